The summed E-state index contributed by atoms with van der Waals surface area (Å²) in [6.07, 6.45) is -1.65. The Labute approximate surface area is 164 Å². The quantitative estimate of drug-likeness (QED) is 0.697. The third-order valence-electron chi connectivity index (χ3n) is 4.09. The van der Waals surface area contributed by atoms with Gasteiger partial charge < -0.3 is 5.11 Å². The highest BCUT2D eigenvalue weighted by atomic mass is 32.1. The summed E-state index contributed by atoms with van der Waals surface area (Å²) in [4.78, 5) is 15.9. The number of aromatic nitrogens is 1. The largest absolute Gasteiger partial charge is 0.493 e. The van der Waals surface area contributed by atoms with Crippen LogP contribution in [0, 0.1) is 0 Å². The van der Waals surface area contributed by atoms with Crippen molar-refractivity contribution in [1.82, 2.24) is 4.57 Å². The van der Waals surface area contributed by atoms with Crippen LogP contribution >= 0.6 is 11.3 Å². The van der Waals surface area contributed by atoms with Crippen LogP contribution in [-0.4, -0.2) is 16.0 Å². The zero-order valence-corrected chi connectivity index (χ0v) is 15.3. The number of aliphatic imine (C=N–C) groups is 1. The molecular formula is C19H11F3N4O2S. The molecular weight excluding hydrogens is 405 g/mol. The molecule has 4 rings (SSSR count). The number of benzene rings is 2. The molecule has 0 fully saturated rings. The third kappa shape index (κ3) is 3.74. The topological polar surface area (TPSA) is 79.3 Å². The van der Waals surface area contributed by atoms with Crippen molar-refractivity contribution in [3.8, 4) is 11.6 Å². The molecule has 1 N–H and O–H groups in total. The fourth-order valence-corrected chi connectivity index (χ4v) is 3.57. The lowest BCUT2D eigenvalue weighted by atomic mass is 10.2. The summed E-state index contributed by atoms with van der Waals surface area (Å²) in [6, 6.07) is 11.2. The van der Waals surface area contributed by atoms with E-state index in [0.717, 1.165) is 33.3 Å². The highest BCUT2D eigenvalue weighted by molar-refractivity contribution is 7.10. The van der Waals surface area contributed by atoms with Crippen molar-refractivity contribution in [2.45, 2.75) is 6.18 Å². The van der Waals surface area contributed by atoms with Crippen molar-refractivity contribution in [2.24, 2.45) is 15.2 Å². The average molecular weight is 416 g/mol. The first-order valence-electron chi connectivity index (χ1n) is 8.21. The summed E-state index contributed by atoms with van der Waals surface area (Å²) >= 11 is 0.732. The molecule has 0 radical (unpaired) electrons. The van der Waals surface area contributed by atoms with Crippen LogP contribution in [0.1, 0.15) is 10.4 Å². The lowest BCUT2D eigenvalue weighted by molar-refractivity contribution is -0.137. The number of nitrogens with zero attached hydrogens (tertiary/aromatic N) is 4. The molecule has 2 aromatic carbocycles. The van der Waals surface area contributed by atoms with Crippen molar-refractivity contribution in [1.29, 1.82) is 0 Å². The van der Waals surface area contributed by atoms with Crippen LogP contribution in [0.4, 0.5) is 13.2 Å². The number of aromatic hydroxyl groups is 1. The third-order valence-corrected chi connectivity index (χ3v) is 4.97. The van der Waals surface area contributed by atoms with E-state index in [4.69, 9.17) is 0 Å². The van der Waals surface area contributed by atoms with E-state index >= 15 is 0 Å². The van der Waals surface area contributed by atoms with E-state index in [0.29, 0.717) is 11.0 Å². The van der Waals surface area contributed by atoms with Gasteiger partial charge in [0, 0.05) is 5.22 Å². The molecule has 146 valence electrons. The minimum atomic E-state index is -4.55. The molecule has 29 heavy (non-hydrogen) atoms. The van der Waals surface area contributed by atoms with Gasteiger partial charge in [0.1, 0.15) is 6.34 Å². The van der Waals surface area contributed by atoms with Gasteiger partial charge in [0.2, 0.25) is 5.88 Å². The number of azo groups is 1. The Hall–Kier alpha value is -3.53. The van der Waals surface area contributed by atoms with Crippen molar-refractivity contribution in [3.63, 3.8) is 0 Å². The summed E-state index contributed by atoms with van der Waals surface area (Å²) in [5.74, 6) is 0.0479. The standard InChI is InChI=1S/C19H11F3N4O2S/c20-19(21,22)13-2-1-3-14(9-13)26-17(27)15(29-18(26)28)8-11-4-6-12(7-5-11)16-23-10-24-25-16/h1-10,27H. The predicted octanol–water partition coefficient (Wildman–Crippen LogP) is 3.01. The Kier molecular flexibility index (Phi) is 4.63. The van der Waals surface area contributed by atoms with Gasteiger partial charge in [-0.3, -0.25) is 4.79 Å². The van der Waals surface area contributed by atoms with Gasteiger partial charge in [-0.2, -0.15) is 13.2 Å². The van der Waals surface area contributed by atoms with Gasteiger partial charge in [0.05, 0.1) is 16.1 Å². The summed E-state index contributed by atoms with van der Waals surface area (Å²) < 4.78 is 39.7. The summed E-state index contributed by atoms with van der Waals surface area (Å²) in [5, 5.41) is 19.4. The Morgan fingerprint density at radius 1 is 1.10 bits per heavy atom. The first-order valence-corrected chi connectivity index (χ1v) is 9.02. The van der Waals surface area contributed by atoms with Gasteiger partial charge in [-0.05, 0) is 29.5 Å². The van der Waals surface area contributed by atoms with Crippen LogP contribution < -0.4 is 15.3 Å². The minimum Gasteiger partial charge on any atom is -0.493 e. The molecule has 1 aliphatic rings. The van der Waals surface area contributed by atoms with Crippen LogP contribution in [0.25, 0.3) is 17.6 Å². The molecule has 2 heterocycles. The van der Waals surface area contributed by atoms with Gasteiger partial charge >= 0.3 is 11.0 Å². The van der Waals surface area contributed by atoms with E-state index < -0.39 is 22.5 Å². The van der Waals surface area contributed by atoms with Crippen LogP contribution in [0.3, 0.4) is 0 Å². The second-order valence-electron chi connectivity index (χ2n) is 5.99. The van der Waals surface area contributed by atoms with Crippen molar-refractivity contribution in [2.75, 3.05) is 0 Å². The van der Waals surface area contributed by atoms with E-state index in [1.165, 1.54) is 18.5 Å². The lowest BCUT2D eigenvalue weighted by Gasteiger charge is -2.09. The molecule has 3 aromatic rings. The van der Waals surface area contributed by atoms with Gasteiger partial charge in [-0.1, -0.05) is 41.7 Å². The highest BCUT2D eigenvalue weighted by Crippen LogP contribution is 2.31. The van der Waals surface area contributed by atoms with Crippen molar-refractivity contribution >= 4 is 29.6 Å². The van der Waals surface area contributed by atoms with Crippen LogP contribution in [0.5, 0.6) is 5.88 Å². The zero-order valence-electron chi connectivity index (χ0n) is 14.5. The van der Waals surface area contributed by atoms with E-state index in [1.54, 1.807) is 30.3 Å². The van der Waals surface area contributed by atoms with E-state index in [1.807, 2.05) is 0 Å². The average Bonchev–Trinajstić information content (AvgIpc) is 3.31. The SMILES string of the molecule is O=c1sc(C=c2ccc(=C3N=CN=N3)cc2)c(O)n1-c1cccc(C(F)(F)F)c1. The first kappa shape index (κ1) is 18.8. The van der Waals surface area contributed by atoms with Crippen LogP contribution in [0.2, 0.25) is 0 Å². The molecule has 0 unspecified atom stereocenters. The second-order valence-corrected chi connectivity index (χ2v) is 6.98. The number of thiazole rings is 1. The molecule has 0 bridgehead atoms. The van der Waals surface area contributed by atoms with Gasteiger partial charge in [0.25, 0.3) is 0 Å². The maximum atomic E-state index is 12.9. The van der Waals surface area contributed by atoms with Gasteiger partial charge in [-0.15, -0.1) is 10.2 Å². The number of halogens is 3. The monoisotopic (exact) mass is 416 g/mol. The molecule has 0 saturated carbocycles. The smallest absolute Gasteiger partial charge is 0.416 e. The lowest BCUT2D eigenvalue weighted by Crippen LogP contribution is -2.12. The van der Waals surface area contributed by atoms with Crippen LogP contribution in [-0.2, 0) is 6.18 Å². The fourth-order valence-electron chi connectivity index (χ4n) is 2.72. The Bertz CT molecular complexity index is 1300. The van der Waals surface area contributed by atoms with Crippen molar-refractivity contribution in [3.05, 3.63) is 79.1 Å². The fraction of sp³-hybridized carbons (Fsp3) is 0.0526. The van der Waals surface area contributed by atoms with E-state index in [2.05, 4.69) is 15.2 Å². The molecule has 1 aliphatic heterocycles. The summed E-state index contributed by atoms with van der Waals surface area (Å²) in [5.41, 5.74) is -0.965. The molecule has 1 aromatic heterocycles. The van der Waals surface area contributed by atoms with E-state index in [9.17, 15) is 23.1 Å². The van der Waals surface area contributed by atoms with Gasteiger partial charge in [-0.25, -0.2) is 9.56 Å². The Morgan fingerprint density at radius 2 is 1.86 bits per heavy atom. The first-order chi connectivity index (χ1) is 13.8. The maximum Gasteiger partial charge on any atom is 0.416 e. The molecule has 0 spiro atoms. The van der Waals surface area contributed by atoms with E-state index in [-0.39, 0.29) is 10.6 Å². The Balaban J connectivity index is 1.76. The molecule has 10 heteroatoms. The summed E-state index contributed by atoms with van der Waals surface area (Å²) in [6.45, 7) is 0. The zero-order chi connectivity index (χ0) is 20.6. The predicted molar refractivity (Wildman–Crippen MR) is 103 cm³/mol. The second kappa shape index (κ2) is 7.13. The number of hydrogen-bond donors (Lipinski definition) is 1. The maximum absolute atomic E-state index is 12.9. The molecule has 0 aliphatic carbocycles. The summed E-state index contributed by atoms with van der Waals surface area (Å²) in [7, 11) is 0. The Morgan fingerprint density at radius 3 is 2.52 bits per heavy atom. The molecule has 0 saturated heterocycles. The van der Waals surface area contributed by atoms with Crippen molar-refractivity contribution < 1.29 is 18.3 Å². The van der Waals surface area contributed by atoms with Gasteiger partial charge in [0.15, 0.2) is 5.82 Å². The minimum absolute atomic E-state index is 0.0607. The normalized spacial score (nSPS) is 13.3. The van der Waals surface area contributed by atoms with Crippen LogP contribution in [0.15, 0.2) is 68.5 Å². The highest BCUT2D eigenvalue weighted by Gasteiger charge is 2.31. The number of rotatable bonds is 2. The molecule has 0 amide bonds. The number of hydrogen-bond acceptors (Lipinski definition) is 6. The number of alkyl halides is 3. The molecule has 0 atom stereocenters. The molecule has 6 nitrogen and oxygen atoms in total.